The molecule has 0 bridgehead atoms. The third-order valence-electron chi connectivity index (χ3n) is 6.06. The number of methoxy groups -OCH3 is 1. The molecular weight excluding hydrogens is 380 g/mol. The zero-order valence-electron chi connectivity index (χ0n) is 17.1. The highest BCUT2D eigenvalue weighted by Crippen LogP contribution is 2.52. The Morgan fingerprint density at radius 3 is 2.60 bits per heavy atom. The number of nitrogens with one attached hydrogen (secondary N) is 1. The molecule has 1 N–H and O–H groups in total. The van der Waals surface area contributed by atoms with Gasteiger partial charge in [-0.05, 0) is 49.7 Å². The lowest BCUT2D eigenvalue weighted by Gasteiger charge is -2.32. The molecule has 0 saturated heterocycles. The average molecular weight is 402 g/mol. The first kappa shape index (κ1) is 18.4. The van der Waals surface area contributed by atoms with E-state index in [0.717, 1.165) is 33.8 Å². The van der Waals surface area contributed by atoms with Gasteiger partial charge < -0.3 is 15.0 Å². The van der Waals surface area contributed by atoms with Gasteiger partial charge in [0.05, 0.1) is 19.0 Å². The topological polar surface area (TPSA) is 76.5 Å². The molecule has 2 aliphatic rings. The van der Waals surface area contributed by atoms with Crippen LogP contribution in [0.15, 0.2) is 48.7 Å². The van der Waals surface area contributed by atoms with E-state index in [4.69, 9.17) is 4.74 Å². The second kappa shape index (κ2) is 6.45. The van der Waals surface area contributed by atoms with Gasteiger partial charge in [0, 0.05) is 24.2 Å². The van der Waals surface area contributed by atoms with E-state index < -0.39 is 5.41 Å². The fourth-order valence-electron chi connectivity index (χ4n) is 4.64. The highest BCUT2D eigenvalue weighted by atomic mass is 16.5. The van der Waals surface area contributed by atoms with Crippen LogP contribution in [0.2, 0.25) is 0 Å². The molecule has 5 rings (SSSR count). The number of carbonyl (C=O) groups excluding carboxylic acids is 2. The van der Waals surface area contributed by atoms with Gasteiger partial charge in [0.1, 0.15) is 17.0 Å². The molecule has 2 amide bonds. The molecule has 0 radical (unpaired) electrons. The summed E-state index contributed by atoms with van der Waals surface area (Å²) < 4.78 is 6.90. The summed E-state index contributed by atoms with van der Waals surface area (Å²) in [5.74, 6) is 0.997. The molecule has 7 nitrogen and oxygen atoms in total. The third kappa shape index (κ3) is 2.35. The van der Waals surface area contributed by atoms with Crippen molar-refractivity contribution in [2.45, 2.75) is 25.7 Å². The van der Waals surface area contributed by atoms with Crippen LogP contribution < -0.4 is 15.0 Å². The monoisotopic (exact) mass is 402 g/mol. The Bertz CT molecular complexity index is 1180. The minimum absolute atomic E-state index is 0.0695. The van der Waals surface area contributed by atoms with Gasteiger partial charge in [0.25, 0.3) is 0 Å². The van der Waals surface area contributed by atoms with Gasteiger partial charge in [-0.1, -0.05) is 17.7 Å². The molecule has 1 spiro atoms. The van der Waals surface area contributed by atoms with Crippen LogP contribution in [-0.4, -0.2) is 35.2 Å². The average Bonchev–Trinajstić information content (AvgIpc) is 3.26. The van der Waals surface area contributed by atoms with Crippen LogP contribution in [0.25, 0.3) is 5.69 Å². The first-order valence-electron chi connectivity index (χ1n) is 9.95. The van der Waals surface area contributed by atoms with Crippen molar-refractivity contribution < 1.29 is 14.3 Å². The zero-order chi connectivity index (χ0) is 21.0. The largest absolute Gasteiger partial charge is 0.497 e. The Labute approximate surface area is 174 Å². The number of anilines is 2. The van der Waals surface area contributed by atoms with E-state index >= 15 is 0 Å². The first-order valence-corrected chi connectivity index (χ1v) is 9.95. The number of rotatable bonds is 3. The molecule has 2 aromatic carbocycles. The number of nitrogens with zero attached hydrogens (tertiary/aromatic N) is 3. The molecule has 30 heavy (non-hydrogen) atoms. The third-order valence-corrected chi connectivity index (χ3v) is 6.06. The van der Waals surface area contributed by atoms with Crippen LogP contribution in [-0.2, 0) is 15.0 Å². The van der Waals surface area contributed by atoms with Crippen molar-refractivity contribution in [2.75, 3.05) is 23.9 Å². The Morgan fingerprint density at radius 2 is 1.90 bits per heavy atom. The predicted molar refractivity (Wildman–Crippen MR) is 113 cm³/mol. The van der Waals surface area contributed by atoms with Gasteiger partial charge in [-0.2, -0.15) is 5.10 Å². The fourth-order valence-corrected chi connectivity index (χ4v) is 4.64. The van der Waals surface area contributed by atoms with E-state index in [2.05, 4.69) is 10.4 Å². The minimum atomic E-state index is -1.06. The summed E-state index contributed by atoms with van der Waals surface area (Å²) >= 11 is 0. The van der Waals surface area contributed by atoms with Crippen molar-refractivity contribution >= 4 is 23.3 Å². The standard InChI is InChI=1S/C23H22N4O3/c1-4-26-19-10-5-14(2)11-17(19)23(22(26)29)12-20(28)25-21-18(23)13-24-27(21)15-6-8-16(30-3)9-7-15/h5-11,13H,4,12H2,1-3H3,(H,25,28)/t23-/m1/s1. The summed E-state index contributed by atoms with van der Waals surface area (Å²) in [6, 6.07) is 13.4. The number of aryl methyl sites for hydroxylation is 1. The fraction of sp³-hybridized carbons (Fsp3) is 0.261. The van der Waals surface area contributed by atoms with Gasteiger partial charge in [0.15, 0.2) is 0 Å². The number of ether oxygens (including phenoxy) is 1. The number of hydrogen-bond donors (Lipinski definition) is 1. The Balaban J connectivity index is 1.74. The van der Waals surface area contributed by atoms with Crippen molar-refractivity contribution in [1.29, 1.82) is 0 Å². The highest BCUT2D eigenvalue weighted by Gasteiger charge is 2.56. The first-order chi connectivity index (χ1) is 14.5. The summed E-state index contributed by atoms with van der Waals surface area (Å²) in [5, 5.41) is 7.49. The number of benzene rings is 2. The van der Waals surface area contributed by atoms with E-state index in [1.165, 1.54) is 0 Å². The molecule has 0 saturated carbocycles. The maximum atomic E-state index is 13.7. The van der Waals surface area contributed by atoms with Crippen molar-refractivity contribution in [2.24, 2.45) is 0 Å². The molecular formula is C23H22N4O3. The van der Waals surface area contributed by atoms with Crippen LogP contribution >= 0.6 is 0 Å². The second-order valence-electron chi connectivity index (χ2n) is 7.72. The molecule has 0 unspecified atom stereocenters. The van der Waals surface area contributed by atoms with E-state index in [1.54, 1.807) is 22.9 Å². The highest BCUT2D eigenvalue weighted by molar-refractivity contribution is 6.15. The number of hydrogen-bond acceptors (Lipinski definition) is 4. The lowest BCUT2D eigenvalue weighted by Crippen LogP contribution is -2.46. The van der Waals surface area contributed by atoms with Crippen molar-refractivity contribution in [1.82, 2.24) is 9.78 Å². The van der Waals surface area contributed by atoms with Crippen LogP contribution in [0.4, 0.5) is 11.5 Å². The summed E-state index contributed by atoms with van der Waals surface area (Å²) in [6.45, 7) is 4.49. The van der Waals surface area contributed by atoms with E-state index in [0.29, 0.717) is 12.4 Å². The van der Waals surface area contributed by atoms with Gasteiger partial charge in [-0.15, -0.1) is 0 Å². The quantitative estimate of drug-likeness (QED) is 0.730. The maximum absolute atomic E-state index is 13.7. The molecule has 3 heterocycles. The Kier molecular flexibility index (Phi) is 3.96. The molecule has 0 fully saturated rings. The summed E-state index contributed by atoms with van der Waals surface area (Å²) in [6.07, 6.45) is 1.78. The molecule has 2 aliphatic heterocycles. The van der Waals surface area contributed by atoms with Gasteiger partial charge in [0.2, 0.25) is 11.8 Å². The summed E-state index contributed by atoms with van der Waals surface area (Å²) in [5.41, 5.74) is 3.24. The summed E-state index contributed by atoms with van der Waals surface area (Å²) in [7, 11) is 1.61. The van der Waals surface area contributed by atoms with Crippen molar-refractivity contribution in [3.8, 4) is 11.4 Å². The number of likely N-dealkylation sites (N-methyl/N-ethyl adjacent to an activating group) is 1. The SMILES string of the molecule is CCN1C(=O)[C@]2(CC(=O)Nc3c2cnn3-c2ccc(OC)cc2)c2cc(C)ccc21. The predicted octanol–water partition coefficient (Wildman–Crippen LogP) is 3.18. The molecule has 7 heteroatoms. The molecule has 1 atom stereocenters. The maximum Gasteiger partial charge on any atom is 0.242 e. The van der Waals surface area contributed by atoms with Crippen LogP contribution in [0.1, 0.15) is 30.0 Å². The van der Waals surface area contributed by atoms with Crippen molar-refractivity contribution in [3.05, 3.63) is 65.4 Å². The molecule has 152 valence electrons. The molecule has 3 aromatic rings. The van der Waals surface area contributed by atoms with Gasteiger partial charge in [-0.25, -0.2) is 4.68 Å². The summed E-state index contributed by atoms with van der Waals surface area (Å²) in [4.78, 5) is 28.3. The normalized spacial score (nSPS) is 19.6. The lowest BCUT2D eigenvalue weighted by molar-refractivity contribution is -0.126. The van der Waals surface area contributed by atoms with E-state index in [9.17, 15) is 9.59 Å². The number of fused-ring (bicyclic) bond motifs is 4. The number of aromatic nitrogens is 2. The van der Waals surface area contributed by atoms with E-state index in [1.807, 2.05) is 56.3 Å². The van der Waals surface area contributed by atoms with E-state index in [-0.39, 0.29) is 18.2 Å². The van der Waals surface area contributed by atoms with Gasteiger partial charge in [-0.3, -0.25) is 9.59 Å². The molecule has 1 aromatic heterocycles. The molecule has 0 aliphatic carbocycles. The second-order valence-corrected chi connectivity index (χ2v) is 7.72. The van der Waals surface area contributed by atoms with Crippen LogP contribution in [0, 0.1) is 6.92 Å². The van der Waals surface area contributed by atoms with Gasteiger partial charge >= 0.3 is 0 Å². The smallest absolute Gasteiger partial charge is 0.242 e. The Morgan fingerprint density at radius 1 is 1.13 bits per heavy atom. The van der Waals surface area contributed by atoms with Crippen LogP contribution in [0.3, 0.4) is 0 Å². The van der Waals surface area contributed by atoms with Crippen LogP contribution in [0.5, 0.6) is 5.75 Å². The lowest BCUT2D eigenvalue weighted by atomic mass is 9.71. The van der Waals surface area contributed by atoms with Crippen molar-refractivity contribution in [3.63, 3.8) is 0 Å². The Hall–Kier alpha value is -3.61. The zero-order valence-corrected chi connectivity index (χ0v) is 17.1. The minimum Gasteiger partial charge on any atom is -0.497 e. The number of carbonyl (C=O) groups is 2. The number of amides is 2.